The maximum absolute atomic E-state index is 6.35. The topological polar surface area (TPSA) is 27.7 Å². The Morgan fingerprint density at radius 3 is 2.50 bits per heavy atom. The number of hydrogen-bond donors (Lipinski definition) is 0. The molecule has 0 radical (unpaired) electrons. The van der Waals surface area contributed by atoms with Gasteiger partial charge >= 0.3 is 0 Å². The third kappa shape index (κ3) is 6.97. The van der Waals surface area contributed by atoms with Crippen molar-refractivity contribution in [3.8, 4) is 0 Å². The van der Waals surface area contributed by atoms with E-state index in [0.717, 1.165) is 32.0 Å². The van der Waals surface area contributed by atoms with Gasteiger partial charge in [-0.2, -0.15) is 0 Å². The smallest absolute Gasteiger partial charge is 0.0707 e. The maximum Gasteiger partial charge on any atom is 0.0707 e. The molecule has 0 bridgehead atoms. The van der Waals surface area contributed by atoms with Crippen LogP contribution in [-0.2, 0) is 14.2 Å². The predicted octanol–water partition coefficient (Wildman–Crippen LogP) is 4.83. The van der Waals surface area contributed by atoms with Crippen molar-refractivity contribution in [2.24, 2.45) is 11.8 Å². The quantitative estimate of drug-likeness (QED) is 0.511. The fourth-order valence-electron chi connectivity index (χ4n) is 3.33. The monoisotopic (exact) mass is 314 g/mol. The molecule has 3 heteroatoms. The highest BCUT2D eigenvalue weighted by Gasteiger charge is 2.38. The zero-order valence-corrected chi connectivity index (χ0v) is 15.5. The van der Waals surface area contributed by atoms with E-state index in [4.69, 9.17) is 14.2 Å². The van der Waals surface area contributed by atoms with Crippen LogP contribution in [0.25, 0.3) is 0 Å². The van der Waals surface area contributed by atoms with Gasteiger partial charge in [0.05, 0.1) is 24.9 Å². The zero-order valence-electron chi connectivity index (χ0n) is 15.5. The minimum Gasteiger partial charge on any atom is -0.379 e. The summed E-state index contributed by atoms with van der Waals surface area (Å²) < 4.78 is 17.6. The molecule has 3 nitrogen and oxygen atoms in total. The molecule has 0 aliphatic heterocycles. The molecule has 1 rings (SSSR count). The molecule has 1 fully saturated rings. The minimum absolute atomic E-state index is 0.108. The Hall–Kier alpha value is -0.120. The van der Waals surface area contributed by atoms with Gasteiger partial charge in [-0.1, -0.05) is 40.5 Å². The van der Waals surface area contributed by atoms with E-state index in [1.807, 2.05) is 0 Å². The highest BCUT2D eigenvalue weighted by molar-refractivity contribution is 4.89. The van der Waals surface area contributed by atoms with E-state index in [1.165, 1.54) is 25.7 Å². The molecule has 22 heavy (non-hydrogen) atoms. The Balaban J connectivity index is 2.11. The molecule has 0 aromatic carbocycles. The van der Waals surface area contributed by atoms with Crippen LogP contribution in [0.1, 0.15) is 73.1 Å². The third-order valence-corrected chi connectivity index (χ3v) is 5.07. The molecule has 1 aliphatic carbocycles. The van der Waals surface area contributed by atoms with Gasteiger partial charge in [0, 0.05) is 13.2 Å². The summed E-state index contributed by atoms with van der Waals surface area (Å²) in [7, 11) is 0. The van der Waals surface area contributed by atoms with Crippen LogP contribution < -0.4 is 0 Å². The lowest BCUT2D eigenvalue weighted by molar-refractivity contribution is -0.115. The van der Waals surface area contributed by atoms with Crippen molar-refractivity contribution < 1.29 is 14.2 Å². The third-order valence-electron chi connectivity index (χ3n) is 5.07. The van der Waals surface area contributed by atoms with E-state index in [-0.39, 0.29) is 5.60 Å². The molecule has 0 spiro atoms. The van der Waals surface area contributed by atoms with Crippen LogP contribution in [0.3, 0.4) is 0 Å². The normalized spacial score (nSPS) is 27.3. The van der Waals surface area contributed by atoms with Gasteiger partial charge < -0.3 is 14.2 Å². The Bertz CT molecular complexity index is 280. The molecule has 0 N–H and O–H groups in total. The van der Waals surface area contributed by atoms with Gasteiger partial charge in [0.15, 0.2) is 0 Å². The molecule has 0 saturated heterocycles. The summed E-state index contributed by atoms with van der Waals surface area (Å²) in [5.74, 6) is 1.39. The van der Waals surface area contributed by atoms with Crippen molar-refractivity contribution in [3.63, 3.8) is 0 Å². The molecular weight excluding hydrogens is 276 g/mol. The first-order valence-electron chi connectivity index (χ1n) is 9.33. The molecular formula is C19H38O3. The first-order chi connectivity index (χ1) is 10.5. The largest absolute Gasteiger partial charge is 0.379 e. The number of hydrogen-bond acceptors (Lipinski definition) is 3. The highest BCUT2D eigenvalue weighted by atomic mass is 16.5. The van der Waals surface area contributed by atoms with E-state index < -0.39 is 0 Å². The predicted molar refractivity (Wildman–Crippen MR) is 92.3 cm³/mol. The van der Waals surface area contributed by atoms with Gasteiger partial charge in [0.25, 0.3) is 0 Å². The molecule has 1 aliphatic rings. The summed E-state index contributed by atoms with van der Waals surface area (Å²) >= 11 is 0. The van der Waals surface area contributed by atoms with Crippen LogP contribution in [0.15, 0.2) is 0 Å². The minimum atomic E-state index is 0.108. The molecule has 0 amide bonds. The van der Waals surface area contributed by atoms with E-state index in [2.05, 4.69) is 34.6 Å². The number of rotatable bonds is 11. The van der Waals surface area contributed by atoms with Gasteiger partial charge in [0.1, 0.15) is 0 Å². The second-order valence-electron chi connectivity index (χ2n) is 7.33. The molecule has 0 aromatic heterocycles. The van der Waals surface area contributed by atoms with Crippen molar-refractivity contribution in [1.82, 2.24) is 0 Å². The summed E-state index contributed by atoms with van der Waals surface area (Å²) in [6.07, 6.45) is 7.48. The van der Waals surface area contributed by atoms with E-state index in [1.54, 1.807) is 0 Å². The van der Waals surface area contributed by atoms with Crippen LogP contribution >= 0.6 is 0 Å². The summed E-state index contributed by atoms with van der Waals surface area (Å²) in [5.41, 5.74) is 0.108. The fourth-order valence-corrected chi connectivity index (χ4v) is 3.33. The first-order valence-corrected chi connectivity index (χ1v) is 9.33. The van der Waals surface area contributed by atoms with Crippen molar-refractivity contribution in [2.45, 2.75) is 84.8 Å². The Kier molecular flexibility index (Phi) is 9.62. The van der Waals surface area contributed by atoms with Crippen LogP contribution in [0.4, 0.5) is 0 Å². The van der Waals surface area contributed by atoms with Gasteiger partial charge in [-0.3, -0.25) is 0 Å². The molecule has 3 unspecified atom stereocenters. The fraction of sp³-hybridized carbons (Fsp3) is 1.00. The zero-order chi connectivity index (χ0) is 16.4. The van der Waals surface area contributed by atoms with Crippen LogP contribution in [0.5, 0.6) is 0 Å². The molecule has 1 saturated carbocycles. The lowest BCUT2D eigenvalue weighted by Gasteiger charge is -2.43. The molecule has 132 valence electrons. The lowest BCUT2D eigenvalue weighted by Crippen LogP contribution is -2.43. The van der Waals surface area contributed by atoms with Crippen LogP contribution in [-0.4, -0.2) is 38.1 Å². The summed E-state index contributed by atoms with van der Waals surface area (Å²) in [6, 6.07) is 0. The van der Waals surface area contributed by atoms with E-state index in [0.29, 0.717) is 25.2 Å². The lowest BCUT2D eigenvalue weighted by atomic mass is 9.73. The SMILES string of the molecule is CCC(C)OCCOCCCOC1(C(C)C)CCCC(C)C1. The van der Waals surface area contributed by atoms with Crippen LogP contribution in [0, 0.1) is 11.8 Å². The molecule has 0 aromatic rings. The van der Waals surface area contributed by atoms with Crippen LogP contribution in [0.2, 0.25) is 0 Å². The summed E-state index contributed by atoms with van der Waals surface area (Å²) in [5, 5.41) is 0. The second kappa shape index (κ2) is 10.6. The molecule has 3 atom stereocenters. The van der Waals surface area contributed by atoms with Crippen molar-refractivity contribution in [2.75, 3.05) is 26.4 Å². The van der Waals surface area contributed by atoms with Crippen molar-refractivity contribution in [3.05, 3.63) is 0 Å². The van der Waals surface area contributed by atoms with E-state index >= 15 is 0 Å². The van der Waals surface area contributed by atoms with E-state index in [9.17, 15) is 0 Å². The molecule has 0 heterocycles. The average Bonchev–Trinajstić information content (AvgIpc) is 2.49. The summed E-state index contributed by atoms with van der Waals surface area (Å²) in [4.78, 5) is 0. The van der Waals surface area contributed by atoms with Crippen molar-refractivity contribution in [1.29, 1.82) is 0 Å². The Morgan fingerprint density at radius 1 is 1.09 bits per heavy atom. The second-order valence-corrected chi connectivity index (χ2v) is 7.33. The maximum atomic E-state index is 6.35. The van der Waals surface area contributed by atoms with Gasteiger partial charge in [-0.15, -0.1) is 0 Å². The van der Waals surface area contributed by atoms with Gasteiger partial charge in [0.2, 0.25) is 0 Å². The number of ether oxygens (including phenoxy) is 3. The van der Waals surface area contributed by atoms with Gasteiger partial charge in [-0.25, -0.2) is 0 Å². The average molecular weight is 315 g/mol. The Morgan fingerprint density at radius 2 is 1.86 bits per heavy atom. The Labute approximate surface area is 138 Å². The first kappa shape index (κ1) is 19.9. The standard InChI is InChI=1S/C19H38O3/c1-6-18(5)21-14-13-20-11-8-12-22-19(16(2)3)10-7-9-17(4)15-19/h16-18H,6-15H2,1-5H3. The van der Waals surface area contributed by atoms with Crippen molar-refractivity contribution >= 4 is 0 Å². The highest BCUT2D eigenvalue weighted by Crippen LogP contribution is 2.40. The summed E-state index contributed by atoms with van der Waals surface area (Å²) in [6.45, 7) is 14.2. The van der Waals surface area contributed by atoms with Gasteiger partial charge in [-0.05, 0) is 44.4 Å².